The van der Waals surface area contributed by atoms with Gasteiger partial charge in [-0.05, 0) is 83.5 Å². The first kappa shape index (κ1) is 48.9. The van der Waals surface area contributed by atoms with Crippen LogP contribution in [0.25, 0.3) is 0 Å². The molecule has 0 rings (SSSR count). The van der Waals surface area contributed by atoms with E-state index in [-0.39, 0.29) is 25.7 Å². The average Bonchev–Trinajstić information content (AvgIpc) is 3.12. The third kappa shape index (κ3) is 36.1. The minimum Gasteiger partial charge on any atom is -0.387 e. The molecule has 0 aromatic carbocycles. The van der Waals surface area contributed by atoms with Crippen LogP contribution in [0, 0.1) is 0 Å². The van der Waals surface area contributed by atoms with E-state index in [9.17, 15) is 19.4 Å². The van der Waals surface area contributed by atoms with Crippen LogP contribution in [-0.4, -0.2) is 47.8 Å². The summed E-state index contributed by atoms with van der Waals surface area (Å²) in [7, 11) is -4.35. The van der Waals surface area contributed by atoms with Gasteiger partial charge in [0.1, 0.15) is 0 Å². The Morgan fingerprint density at radius 2 is 1.10 bits per heavy atom. The largest absolute Gasteiger partial charge is 0.472 e. The second-order valence-corrected chi connectivity index (χ2v) is 14.6. The maximum atomic E-state index is 12.7. The zero-order valence-corrected chi connectivity index (χ0v) is 33.2. The Bertz CT molecular complexity index is 1020. The third-order valence-electron chi connectivity index (χ3n) is 8.23. The molecule has 1 amide bonds. The van der Waals surface area contributed by atoms with Crippen LogP contribution in [0.15, 0.2) is 72.9 Å². The van der Waals surface area contributed by atoms with Crippen molar-refractivity contribution in [2.75, 3.05) is 19.8 Å². The summed E-state index contributed by atoms with van der Waals surface area (Å²) in [6.07, 6.45) is 48.0. The molecule has 0 fully saturated rings. The summed E-state index contributed by atoms with van der Waals surface area (Å²) in [6.45, 7) is 4.01. The molecule has 0 radical (unpaired) electrons. The van der Waals surface area contributed by atoms with Crippen molar-refractivity contribution in [2.45, 2.75) is 167 Å². The van der Waals surface area contributed by atoms with E-state index < -0.39 is 20.0 Å². The smallest absolute Gasteiger partial charge is 0.387 e. The molecule has 294 valence electrons. The van der Waals surface area contributed by atoms with E-state index in [1.807, 2.05) is 6.08 Å². The van der Waals surface area contributed by atoms with Crippen molar-refractivity contribution < 1.29 is 28.4 Å². The van der Waals surface area contributed by atoms with Gasteiger partial charge in [-0.15, -0.1) is 0 Å². The van der Waals surface area contributed by atoms with E-state index in [2.05, 4.69) is 79.9 Å². The fourth-order valence-electron chi connectivity index (χ4n) is 5.17. The molecule has 0 aliphatic heterocycles. The van der Waals surface area contributed by atoms with Gasteiger partial charge in [0, 0.05) is 13.0 Å². The summed E-state index contributed by atoms with van der Waals surface area (Å²) in [5.74, 6) is -0.226. The van der Waals surface area contributed by atoms with Gasteiger partial charge < -0.3 is 21.1 Å². The van der Waals surface area contributed by atoms with Crippen molar-refractivity contribution in [3.63, 3.8) is 0 Å². The summed E-state index contributed by atoms with van der Waals surface area (Å²) >= 11 is 0. The van der Waals surface area contributed by atoms with E-state index in [0.29, 0.717) is 6.42 Å². The quantitative estimate of drug-likeness (QED) is 0.0286. The lowest BCUT2D eigenvalue weighted by molar-refractivity contribution is -0.123. The number of nitrogens with two attached hydrogens (primary N) is 1. The number of carbonyl (C=O) groups is 1. The lowest BCUT2D eigenvalue weighted by atomic mass is 10.1. The number of aliphatic hydroxyl groups excluding tert-OH is 1. The molecule has 8 nitrogen and oxygen atoms in total. The van der Waals surface area contributed by atoms with Crippen molar-refractivity contribution >= 4 is 13.7 Å². The molecule has 9 heteroatoms. The Labute approximate surface area is 312 Å². The van der Waals surface area contributed by atoms with Gasteiger partial charge in [0.25, 0.3) is 0 Å². The maximum absolute atomic E-state index is 12.7. The van der Waals surface area contributed by atoms with Gasteiger partial charge in [-0.25, -0.2) is 4.57 Å². The monoisotopic (exact) mass is 735 g/mol. The standard InChI is InChI=1S/C42H75N2O6P/c1-3-5-7-9-11-13-15-17-18-19-20-21-22-24-26-28-30-32-34-36-42(46)44-40(39-50-51(47,48)49-38-37-43)41(45)35-33-31-29-27-25-23-16-14-12-10-8-6-4-2/h11-14,17-18,20-21,25,27,33,35,40-41,45H,3-10,15-16,19,22-24,26,28-32,34,36-39,43H2,1-2H3,(H,44,46)(H,47,48)/b13-11-,14-12+,18-17-,21-20-,27-25+,35-33+. The third-order valence-corrected chi connectivity index (χ3v) is 9.22. The number of unbranched alkanes of at least 4 members (excludes halogenated alkanes) is 14. The molecule has 0 saturated heterocycles. The van der Waals surface area contributed by atoms with Crippen molar-refractivity contribution in [1.82, 2.24) is 5.32 Å². The Balaban J connectivity index is 4.36. The molecule has 0 aliphatic rings. The topological polar surface area (TPSA) is 131 Å². The predicted octanol–water partition coefficient (Wildman–Crippen LogP) is 10.9. The van der Waals surface area contributed by atoms with Gasteiger partial charge >= 0.3 is 7.82 Å². The Kier molecular flexibility index (Phi) is 36.2. The summed E-state index contributed by atoms with van der Waals surface area (Å²) in [5.41, 5.74) is 5.35. The molecule has 0 aromatic heterocycles. The van der Waals surface area contributed by atoms with Crippen molar-refractivity contribution in [2.24, 2.45) is 5.73 Å². The van der Waals surface area contributed by atoms with Crippen LogP contribution in [0.3, 0.4) is 0 Å². The summed E-state index contributed by atoms with van der Waals surface area (Å²) < 4.78 is 22.0. The lowest BCUT2D eigenvalue weighted by Crippen LogP contribution is -2.45. The maximum Gasteiger partial charge on any atom is 0.472 e. The minimum absolute atomic E-state index is 0.0657. The summed E-state index contributed by atoms with van der Waals surface area (Å²) in [4.78, 5) is 22.6. The first-order chi connectivity index (χ1) is 24.9. The number of phosphoric ester groups is 1. The lowest BCUT2D eigenvalue weighted by Gasteiger charge is -2.23. The normalized spacial score (nSPS) is 15.0. The number of nitrogens with one attached hydrogen (secondary N) is 1. The molecule has 0 heterocycles. The highest BCUT2D eigenvalue weighted by Crippen LogP contribution is 2.43. The van der Waals surface area contributed by atoms with Crippen LogP contribution in [-0.2, 0) is 18.4 Å². The van der Waals surface area contributed by atoms with Crippen LogP contribution in [0.1, 0.15) is 155 Å². The van der Waals surface area contributed by atoms with Gasteiger partial charge in [0.2, 0.25) is 5.91 Å². The Morgan fingerprint density at radius 1 is 0.647 bits per heavy atom. The Hall–Kier alpha value is -2.06. The summed E-state index contributed by atoms with van der Waals surface area (Å²) in [5, 5.41) is 13.6. The van der Waals surface area contributed by atoms with E-state index in [1.54, 1.807) is 6.08 Å². The van der Waals surface area contributed by atoms with Crippen LogP contribution in [0.5, 0.6) is 0 Å². The first-order valence-electron chi connectivity index (χ1n) is 20.1. The second-order valence-electron chi connectivity index (χ2n) is 13.1. The predicted molar refractivity (Wildman–Crippen MR) is 216 cm³/mol. The fraction of sp³-hybridized carbons (Fsp3) is 0.690. The van der Waals surface area contributed by atoms with Crippen molar-refractivity contribution in [3.05, 3.63) is 72.9 Å². The molecule has 0 aromatic rings. The number of allylic oxidation sites excluding steroid dienone is 11. The van der Waals surface area contributed by atoms with Gasteiger partial charge in [0.15, 0.2) is 0 Å². The molecule has 0 spiro atoms. The van der Waals surface area contributed by atoms with Crippen LogP contribution < -0.4 is 11.1 Å². The second kappa shape index (κ2) is 37.7. The molecule has 0 aliphatic carbocycles. The first-order valence-corrected chi connectivity index (χ1v) is 21.6. The molecule has 0 saturated carbocycles. The van der Waals surface area contributed by atoms with Crippen molar-refractivity contribution in [1.29, 1.82) is 0 Å². The molecule has 51 heavy (non-hydrogen) atoms. The van der Waals surface area contributed by atoms with E-state index in [4.69, 9.17) is 14.8 Å². The molecule has 3 atom stereocenters. The number of hydrogen-bond donors (Lipinski definition) is 4. The average molecular weight is 735 g/mol. The highest BCUT2D eigenvalue weighted by molar-refractivity contribution is 7.47. The van der Waals surface area contributed by atoms with E-state index >= 15 is 0 Å². The highest BCUT2D eigenvalue weighted by Gasteiger charge is 2.26. The van der Waals surface area contributed by atoms with Gasteiger partial charge in [-0.1, -0.05) is 138 Å². The van der Waals surface area contributed by atoms with Gasteiger partial charge in [0.05, 0.1) is 25.4 Å². The molecule has 5 N–H and O–H groups in total. The number of carbonyl (C=O) groups excluding carboxylic acids is 1. The van der Waals surface area contributed by atoms with Gasteiger partial charge in [-0.3, -0.25) is 13.8 Å². The van der Waals surface area contributed by atoms with Crippen LogP contribution in [0.4, 0.5) is 0 Å². The molecular weight excluding hydrogens is 659 g/mol. The van der Waals surface area contributed by atoms with Crippen LogP contribution >= 0.6 is 7.82 Å². The van der Waals surface area contributed by atoms with Crippen LogP contribution in [0.2, 0.25) is 0 Å². The SMILES string of the molecule is CCCCC/C=C\C/C=C\C/C=C\CCCCCCCCC(=O)NC(COP(=O)(O)OCCN)C(O)/C=C/CC/C=C/CC/C=C/CCCCC. The number of rotatable bonds is 36. The number of amides is 1. The molecule has 0 bridgehead atoms. The van der Waals surface area contributed by atoms with E-state index in [1.165, 1.54) is 57.8 Å². The minimum atomic E-state index is -4.35. The molecule has 3 unspecified atom stereocenters. The molecular formula is C42H75N2O6P. The fourth-order valence-corrected chi connectivity index (χ4v) is 5.93. The highest BCUT2D eigenvalue weighted by atomic mass is 31.2. The van der Waals surface area contributed by atoms with Gasteiger partial charge in [-0.2, -0.15) is 0 Å². The van der Waals surface area contributed by atoms with E-state index in [0.717, 1.165) is 77.0 Å². The zero-order valence-electron chi connectivity index (χ0n) is 32.3. The Morgan fingerprint density at radius 3 is 1.65 bits per heavy atom. The number of phosphoric acid groups is 1. The summed E-state index contributed by atoms with van der Waals surface area (Å²) in [6, 6.07) is -0.893. The van der Waals surface area contributed by atoms with Crippen molar-refractivity contribution in [3.8, 4) is 0 Å². The zero-order chi connectivity index (χ0) is 37.5. The number of hydrogen-bond acceptors (Lipinski definition) is 6. The number of aliphatic hydroxyl groups is 1.